The predicted molar refractivity (Wildman–Crippen MR) is 79.7 cm³/mol. The third-order valence-electron chi connectivity index (χ3n) is 2.65. The van der Waals surface area contributed by atoms with Gasteiger partial charge in [-0.3, -0.25) is 9.59 Å². The van der Waals surface area contributed by atoms with E-state index < -0.39 is 5.97 Å². The SMILES string of the molecule is O=C(O)CCCCCCCNC(=O)c1ccc(Br)s1. The molecule has 1 heterocycles. The lowest BCUT2D eigenvalue weighted by atomic mass is 10.1. The molecule has 0 saturated heterocycles. The Balaban J connectivity index is 1.99. The van der Waals surface area contributed by atoms with Crippen LogP contribution in [0.5, 0.6) is 0 Å². The number of halogens is 1. The number of rotatable bonds is 9. The molecule has 0 bridgehead atoms. The van der Waals surface area contributed by atoms with E-state index in [-0.39, 0.29) is 12.3 Å². The van der Waals surface area contributed by atoms with Crippen molar-refractivity contribution in [3.63, 3.8) is 0 Å². The number of unbranched alkanes of at least 4 members (excludes halogenated alkanes) is 4. The number of carboxylic acids is 1. The lowest BCUT2D eigenvalue weighted by Crippen LogP contribution is -2.23. The zero-order chi connectivity index (χ0) is 14.1. The molecule has 0 unspecified atom stereocenters. The molecule has 0 atom stereocenters. The van der Waals surface area contributed by atoms with Gasteiger partial charge in [-0.2, -0.15) is 0 Å². The van der Waals surface area contributed by atoms with Crippen LogP contribution in [0.4, 0.5) is 0 Å². The predicted octanol–water partition coefficient (Wildman–Crippen LogP) is 3.67. The molecule has 0 aliphatic heterocycles. The second-order valence-corrected chi connectivity index (χ2v) is 6.73. The molecule has 1 aromatic rings. The Labute approximate surface area is 125 Å². The van der Waals surface area contributed by atoms with Gasteiger partial charge >= 0.3 is 5.97 Å². The Hall–Kier alpha value is -0.880. The van der Waals surface area contributed by atoms with Gasteiger partial charge in [0.1, 0.15) is 0 Å². The van der Waals surface area contributed by atoms with Crippen LogP contribution < -0.4 is 5.32 Å². The molecular weight excluding hydrogens is 330 g/mol. The number of nitrogens with one attached hydrogen (secondary N) is 1. The second-order valence-electron chi connectivity index (χ2n) is 4.27. The first-order chi connectivity index (χ1) is 9.09. The number of carbonyl (C=O) groups excluding carboxylic acids is 1. The maximum Gasteiger partial charge on any atom is 0.303 e. The molecule has 0 aromatic carbocycles. The van der Waals surface area contributed by atoms with Gasteiger partial charge in [-0.05, 0) is 40.9 Å². The van der Waals surface area contributed by atoms with Gasteiger partial charge in [0.15, 0.2) is 0 Å². The van der Waals surface area contributed by atoms with Crippen molar-refractivity contribution in [1.82, 2.24) is 5.32 Å². The highest BCUT2D eigenvalue weighted by Gasteiger charge is 2.06. The zero-order valence-electron chi connectivity index (χ0n) is 10.7. The largest absolute Gasteiger partial charge is 0.481 e. The van der Waals surface area contributed by atoms with E-state index in [1.54, 1.807) is 6.07 Å². The van der Waals surface area contributed by atoms with Gasteiger partial charge in [0, 0.05) is 13.0 Å². The summed E-state index contributed by atoms with van der Waals surface area (Å²) >= 11 is 4.75. The second kappa shape index (κ2) is 9.09. The van der Waals surface area contributed by atoms with Crippen molar-refractivity contribution in [3.8, 4) is 0 Å². The van der Waals surface area contributed by atoms with Crippen LogP contribution in [-0.2, 0) is 4.79 Å². The summed E-state index contributed by atoms with van der Waals surface area (Å²) in [7, 11) is 0. The van der Waals surface area contributed by atoms with Crippen LogP contribution in [0.1, 0.15) is 48.2 Å². The molecule has 19 heavy (non-hydrogen) atoms. The quantitative estimate of drug-likeness (QED) is 0.669. The molecule has 0 aliphatic carbocycles. The summed E-state index contributed by atoms with van der Waals surface area (Å²) in [5, 5.41) is 11.4. The number of hydrogen-bond acceptors (Lipinski definition) is 3. The van der Waals surface area contributed by atoms with E-state index in [9.17, 15) is 9.59 Å². The van der Waals surface area contributed by atoms with Crippen LogP contribution in [0.2, 0.25) is 0 Å². The van der Waals surface area contributed by atoms with E-state index in [4.69, 9.17) is 5.11 Å². The zero-order valence-corrected chi connectivity index (χ0v) is 13.1. The fraction of sp³-hybridized carbons (Fsp3) is 0.538. The molecule has 0 radical (unpaired) electrons. The molecule has 0 spiro atoms. The Morgan fingerprint density at radius 1 is 1.16 bits per heavy atom. The number of amides is 1. The maximum absolute atomic E-state index is 11.7. The minimum absolute atomic E-state index is 0.0263. The van der Waals surface area contributed by atoms with E-state index in [2.05, 4.69) is 21.2 Å². The van der Waals surface area contributed by atoms with Crippen molar-refractivity contribution in [2.75, 3.05) is 6.54 Å². The van der Waals surface area contributed by atoms with Crippen molar-refractivity contribution >= 4 is 39.1 Å². The maximum atomic E-state index is 11.7. The summed E-state index contributed by atoms with van der Waals surface area (Å²) in [5.41, 5.74) is 0. The standard InChI is InChI=1S/C13H18BrNO3S/c14-11-8-7-10(19-11)13(18)15-9-5-3-1-2-4-6-12(16)17/h7-8H,1-6,9H2,(H,15,18)(H,16,17). The van der Waals surface area contributed by atoms with E-state index >= 15 is 0 Å². The summed E-state index contributed by atoms with van der Waals surface area (Å²) < 4.78 is 0.955. The highest BCUT2D eigenvalue weighted by atomic mass is 79.9. The van der Waals surface area contributed by atoms with Gasteiger partial charge < -0.3 is 10.4 Å². The summed E-state index contributed by atoms with van der Waals surface area (Å²) in [4.78, 5) is 22.7. The third-order valence-corrected chi connectivity index (χ3v) is 4.27. The smallest absolute Gasteiger partial charge is 0.303 e. The summed E-state index contributed by atoms with van der Waals surface area (Å²) in [5.74, 6) is -0.754. The van der Waals surface area contributed by atoms with Gasteiger partial charge in [0.2, 0.25) is 0 Å². The Kier molecular flexibility index (Phi) is 7.74. The van der Waals surface area contributed by atoms with E-state index in [1.807, 2.05) is 6.07 Å². The normalized spacial score (nSPS) is 10.4. The first-order valence-corrected chi connectivity index (χ1v) is 7.96. The molecular formula is C13H18BrNO3S. The average molecular weight is 348 g/mol. The average Bonchev–Trinajstić information content (AvgIpc) is 2.78. The molecule has 1 amide bonds. The van der Waals surface area contributed by atoms with Crippen molar-refractivity contribution < 1.29 is 14.7 Å². The number of carboxylic acid groups (broad SMARTS) is 1. The van der Waals surface area contributed by atoms with Crippen molar-refractivity contribution in [2.45, 2.75) is 38.5 Å². The summed E-state index contributed by atoms with van der Waals surface area (Å²) in [6, 6.07) is 3.66. The lowest BCUT2D eigenvalue weighted by molar-refractivity contribution is -0.137. The topological polar surface area (TPSA) is 66.4 Å². The first kappa shape index (κ1) is 16.2. The van der Waals surface area contributed by atoms with Crippen molar-refractivity contribution in [1.29, 1.82) is 0 Å². The monoisotopic (exact) mass is 347 g/mol. The van der Waals surface area contributed by atoms with Gasteiger partial charge in [-0.15, -0.1) is 11.3 Å². The number of carbonyl (C=O) groups is 2. The van der Waals surface area contributed by atoms with Crippen LogP contribution in [0, 0.1) is 0 Å². The third kappa shape index (κ3) is 7.32. The van der Waals surface area contributed by atoms with E-state index in [1.165, 1.54) is 11.3 Å². The Bertz CT molecular complexity index is 420. The van der Waals surface area contributed by atoms with Crippen LogP contribution in [0.3, 0.4) is 0 Å². The van der Waals surface area contributed by atoms with Crippen LogP contribution >= 0.6 is 27.3 Å². The molecule has 0 saturated carbocycles. The summed E-state index contributed by atoms with van der Waals surface area (Å²) in [6.45, 7) is 0.674. The Morgan fingerprint density at radius 2 is 1.84 bits per heavy atom. The van der Waals surface area contributed by atoms with E-state index in [0.717, 1.165) is 35.9 Å². The van der Waals surface area contributed by atoms with E-state index in [0.29, 0.717) is 11.4 Å². The van der Waals surface area contributed by atoms with Crippen molar-refractivity contribution in [3.05, 3.63) is 20.8 Å². The fourth-order valence-electron chi connectivity index (χ4n) is 1.66. The van der Waals surface area contributed by atoms with Crippen LogP contribution in [0.25, 0.3) is 0 Å². The molecule has 6 heteroatoms. The molecule has 0 fully saturated rings. The number of aliphatic carboxylic acids is 1. The number of hydrogen-bond donors (Lipinski definition) is 2. The molecule has 2 N–H and O–H groups in total. The summed E-state index contributed by atoms with van der Waals surface area (Å²) in [6.07, 6.45) is 4.92. The lowest BCUT2D eigenvalue weighted by Gasteiger charge is -2.03. The molecule has 4 nitrogen and oxygen atoms in total. The number of thiophene rings is 1. The van der Waals surface area contributed by atoms with Gasteiger partial charge in [0.25, 0.3) is 5.91 Å². The highest BCUT2D eigenvalue weighted by Crippen LogP contribution is 2.21. The fourth-order valence-corrected chi connectivity index (χ4v) is 2.96. The van der Waals surface area contributed by atoms with Gasteiger partial charge in [-0.1, -0.05) is 19.3 Å². The minimum Gasteiger partial charge on any atom is -0.481 e. The van der Waals surface area contributed by atoms with Gasteiger partial charge in [0.05, 0.1) is 8.66 Å². The first-order valence-electron chi connectivity index (χ1n) is 6.35. The molecule has 1 rings (SSSR count). The molecule has 106 valence electrons. The van der Waals surface area contributed by atoms with Crippen molar-refractivity contribution in [2.24, 2.45) is 0 Å². The molecule has 0 aliphatic rings. The minimum atomic E-state index is -0.727. The van der Waals surface area contributed by atoms with Crippen LogP contribution in [-0.4, -0.2) is 23.5 Å². The molecule has 1 aromatic heterocycles. The van der Waals surface area contributed by atoms with Gasteiger partial charge in [-0.25, -0.2) is 0 Å². The Morgan fingerprint density at radius 3 is 2.47 bits per heavy atom. The van der Waals surface area contributed by atoms with Crippen LogP contribution in [0.15, 0.2) is 15.9 Å². The highest BCUT2D eigenvalue weighted by molar-refractivity contribution is 9.11.